The highest BCUT2D eigenvalue weighted by molar-refractivity contribution is 5.41. The predicted octanol–water partition coefficient (Wildman–Crippen LogP) is 1.80. The Hall–Kier alpha value is -2.51. The minimum absolute atomic E-state index is 0.121. The van der Waals surface area contributed by atoms with E-state index in [0.29, 0.717) is 17.7 Å². The van der Waals surface area contributed by atoms with Gasteiger partial charge in [-0.2, -0.15) is 13.2 Å². The molecule has 0 aliphatic carbocycles. The van der Waals surface area contributed by atoms with E-state index in [2.05, 4.69) is 9.97 Å². The third kappa shape index (κ3) is 2.63. The number of nitrogens with one attached hydrogen (secondary N) is 2. The molecule has 0 saturated heterocycles. The van der Waals surface area contributed by atoms with Gasteiger partial charge in [-0.15, -0.1) is 0 Å². The number of hydrogen-bond acceptors (Lipinski definition) is 3. The number of fused-ring (bicyclic) bond motifs is 1. The Balaban J connectivity index is 1.89. The fourth-order valence-electron chi connectivity index (χ4n) is 2.40. The van der Waals surface area contributed by atoms with Crippen LogP contribution in [-0.2, 0) is 12.6 Å². The van der Waals surface area contributed by atoms with Crippen LogP contribution in [0.4, 0.5) is 13.2 Å². The van der Waals surface area contributed by atoms with Crippen molar-refractivity contribution >= 4 is 0 Å². The number of H-pyrrole nitrogens is 2. The predicted molar refractivity (Wildman–Crippen MR) is 71.1 cm³/mol. The molecular formula is C14H11F3N2O3. The Morgan fingerprint density at radius 1 is 1.18 bits per heavy atom. The number of ether oxygens (including phenoxy) is 1. The highest BCUT2D eigenvalue weighted by atomic mass is 19.4. The van der Waals surface area contributed by atoms with Crippen molar-refractivity contribution in [1.82, 2.24) is 9.97 Å². The summed E-state index contributed by atoms with van der Waals surface area (Å²) in [7, 11) is 0. The number of rotatable bonds is 1. The van der Waals surface area contributed by atoms with Crippen LogP contribution in [0.1, 0.15) is 22.7 Å². The summed E-state index contributed by atoms with van der Waals surface area (Å²) >= 11 is 0. The molecular weight excluding hydrogens is 301 g/mol. The lowest BCUT2D eigenvalue weighted by Gasteiger charge is -2.25. The van der Waals surface area contributed by atoms with E-state index >= 15 is 0 Å². The third-order valence-electron chi connectivity index (χ3n) is 3.56. The molecule has 1 unspecified atom stereocenters. The molecule has 0 spiro atoms. The topological polar surface area (TPSA) is 75.0 Å². The van der Waals surface area contributed by atoms with Crippen LogP contribution >= 0.6 is 0 Å². The number of alkyl halides is 3. The van der Waals surface area contributed by atoms with Crippen LogP contribution in [0, 0.1) is 0 Å². The molecule has 2 heterocycles. The fraction of sp³-hybridized carbons (Fsp3) is 0.286. The lowest BCUT2D eigenvalue weighted by atomic mass is 9.93. The minimum Gasteiger partial charge on any atom is -0.493 e. The van der Waals surface area contributed by atoms with E-state index in [-0.39, 0.29) is 18.3 Å². The van der Waals surface area contributed by atoms with Gasteiger partial charge in [0, 0.05) is 17.8 Å². The zero-order valence-electron chi connectivity index (χ0n) is 11.2. The van der Waals surface area contributed by atoms with Crippen LogP contribution < -0.4 is 15.9 Å². The average molecular weight is 312 g/mol. The summed E-state index contributed by atoms with van der Waals surface area (Å²) in [6.07, 6.45) is -2.62. The van der Waals surface area contributed by atoms with Gasteiger partial charge in [-0.25, -0.2) is 0 Å². The van der Waals surface area contributed by atoms with Gasteiger partial charge in [-0.3, -0.25) is 9.59 Å². The number of benzene rings is 1. The van der Waals surface area contributed by atoms with E-state index in [1.165, 1.54) is 12.3 Å². The van der Waals surface area contributed by atoms with Gasteiger partial charge in [-0.05, 0) is 24.1 Å². The maximum absolute atomic E-state index is 12.7. The van der Waals surface area contributed by atoms with E-state index in [9.17, 15) is 22.8 Å². The quantitative estimate of drug-likeness (QED) is 0.789. The van der Waals surface area contributed by atoms with Crippen molar-refractivity contribution in [1.29, 1.82) is 0 Å². The van der Waals surface area contributed by atoms with Crippen molar-refractivity contribution in [3.8, 4) is 5.75 Å². The van der Waals surface area contributed by atoms with E-state index in [1.807, 2.05) is 0 Å². The first-order valence-electron chi connectivity index (χ1n) is 6.49. The van der Waals surface area contributed by atoms with Crippen LogP contribution in [0.25, 0.3) is 0 Å². The number of aromatic amines is 2. The summed E-state index contributed by atoms with van der Waals surface area (Å²) in [6, 6.07) is 3.34. The third-order valence-corrected chi connectivity index (χ3v) is 3.56. The molecule has 0 fully saturated rings. The molecule has 22 heavy (non-hydrogen) atoms. The number of hydrogen-bond donors (Lipinski definition) is 2. The Morgan fingerprint density at radius 2 is 1.95 bits per heavy atom. The van der Waals surface area contributed by atoms with Crippen molar-refractivity contribution in [2.75, 3.05) is 6.61 Å². The molecule has 8 heteroatoms. The monoisotopic (exact) mass is 312 g/mol. The first-order valence-corrected chi connectivity index (χ1v) is 6.49. The van der Waals surface area contributed by atoms with Crippen LogP contribution in [0.15, 0.2) is 34.0 Å². The van der Waals surface area contributed by atoms with Gasteiger partial charge in [-0.1, -0.05) is 6.07 Å². The maximum atomic E-state index is 12.7. The largest absolute Gasteiger partial charge is 0.493 e. The van der Waals surface area contributed by atoms with Crippen molar-refractivity contribution in [2.24, 2.45) is 0 Å². The molecule has 1 atom stereocenters. The highest BCUT2D eigenvalue weighted by Crippen LogP contribution is 2.37. The minimum atomic E-state index is -4.42. The summed E-state index contributed by atoms with van der Waals surface area (Å²) in [5, 5.41) is 0. The normalized spacial score (nSPS) is 17.7. The molecule has 0 amide bonds. The lowest BCUT2D eigenvalue weighted by Crippen LogP contribution is -2.32. The fourth-order valence-corrected chi connectivity index (χ4v) is 2.40. The van der Waals surface area contributed by atoms with Crippen molar-refractivity contribution < 1.29 is 17.9 Å². The highest BCUT2D eigenvalue weighted by Gasteiger charge is 2.32. The summed E-state index contributed by atoms with van der Waals surface area (Å²) < 4.78 is 43.3. The maximum Gasteiger partial charge on any atom is 0.416 e. The molecule has 1 aromatic heterocycles. The van der Waals surface area contributed by atoms with Crippen molar-refractivity contribution in [3.05, 3.63) is 61.9 Å². The first-order chi connectivity index (χ1) is 10.3. The second kappa shape index (κ2) is 5.04. The molecule has 0 bridgehead atoms. The molecule has 0 saturated carbocycles. The summed E-state index contributed by atoms with van der Waals surface area (Å²) in [5.41, 5.74) is -1.18. The SMILES string of the molecule is O=c1[nH]cc(C2COc3cc(C(F)(F)F)ccc3C2)[nH]c1=O. The van der Waals surface area contributed by atoms with Crippen LogP contribution in [0.3, 0.4) is 0 Å². The Labute approximate surface area is 121 Å². The molecule has 5 nitrogen and oxygen atoms in total. The molecule has 116 valence electrons. The van der Waals surface area contributed by atoms with Gasteiger partial charge in [0.25, 0.3) is 0 Å². The molecule has 1 aliphatic rings. The molecule has 3 rings (SSSR count). The lowest BCUT2D eigenvalue weighted by molar-refractivity contribution is -0.137. The van der Waals surface area contributed by atoms with Crippen LogP contribution in [-0.4, -0.2) is 16.6 Å². The van der Waals surface area contributed by atoms with Crippen LogP contribution in [0.5, 0.6) is 5.75 Å². The van der Waals surface area contributed by atoms with Crippen molar-refractivity contribution in [2.45, 2.75) is 18.5 Å². The number of aromatic nitrogens is 2. The van der Waals surface area contributed by atoms with Gasteiger partial charge in [0.05, 0.1) is 12.2 Å². The second-order valence-corrected chi connectivity index (χ2v) is 5.06. The van der Waals surface area contributed by atoms with E-state index in [1.54, 1.807) is 0 Å². The Bertz CT molecular complexity index is 823. The zero-order chi connectivity index (χ0) is 15.9. The van der Waals surface area contributed by atoms with E-state index in [0.717, 1.165) is 12.1 Å². The van der Waals surface area contributed by atoms with Gasteiger partial charge in [0.1, 0.15) is 5.75 Å². The van der Waals surface area contributed by atoms with Gasteiger partial charge in [0.15, 0.2) is 0 Å². The van der Waals surface area contributed by atoms with Crippen LogP contribution in [0.2, 0.25) is 0 Å². The van der Waals surface area contributed by atoms with E-state index < -0.39 is 22.9 Å². The summed E-state index contributed by atoms with van der Waals surface area (Å²) in [5.74, 6) is -0.0494. The van der Waals surface area contributed by atoms with Gasteiger partial charge < -0.3 is 14.7 Å². The summed E-state index contributed by atoms with van der Waals surface area (Å²) in [4.78, 5) is 27.1. The average Bonchev–Trinajstić information content (AvgIpc) is 2.48. The Kier molecular flexibility index (Phi) is 3.31. The molecule has 1 aliphatic heterocycles. The smallest absolute Gasteiger partial charge is 0.416 e. The molecule has 2 aromatic rings. The van der Waals surface area contributed by atoms with Gasteiger partial charge >= 0.3 is 17.3 Å². The molecule has 0 radical (unpaired) electrons. The molecule has 1 aromatic carbocycles. The second-order valence-electron chi connectivity index (χ2n) is 5.06. The first kappa shape index (κ1) is 14.4. The Morgan fingerprint density at radius 3 is 2.64 bits per heavy atom. The summed E-state index contributed by atoms with van der Waals surface area (Å²) in [6.45, 7) is 0.121. The van der Waals surface area contributed by atoms with Crippen molar-refractivity contribution in [3.63, 3.8) is 0 Å². The van der Waals surface area contributed by atoms with Gasteiger partial charge in [0.2, 0.25) is 0 Å². The van der Waals surface area contributed by atoms with E-state index in [4.69, 9.17) is 4.74 Å². The standard InChI is InChI=1S/C14H11F3N2O3/c15-14(16,17)9-2-1-7-3-8(6-22-11(7)4-9)10-5-18-12(20)13(21)19-10/h1-2,4-5,8H,3,6H2,(H,18,20)(H,19,21). The number of halogens is 3. The molecule has 2 N–H and O–H groups in total. The zero-order valence-corrected chi connectivity index (χ0v) is 11.2.